The van der Waals surface area contributed by atoms with E-state index < -0.39 is 0 Å². The average molecular weight is 197 g/mol. The van der Waals surface area contributed by atoms with Crippen LogP contribution in [0.15, 0.2) is 11.6 Å². The maximum absolute atomic E-state index is 11.3. The SMILES string of the molecule is O=C(CC1CNC1)Nc1nccs1. The van der Waals surface area contributed by atoms with Gasteiger partial charge in [-0.15, -0.1) is 11.3 Å². The predicted octanol–water partition coefficient (Wildman–Crippen LogP) is 0.691. The Bertz CT molecular complexity index is 282. The molecular weight excluding hydrogens is 186 g/mol. The highest BCUT2D eigenvalue weighted by Crippen LogP contribution is 2.13. The fraction of sp³-hybridized carbons (Fsp3) is 0.500. The summed E-state index contributed by atoms with van der Waals surface area (Å²) in [6.07, 6.45) is 2.29. The van der Waals surface area contributed by atoms with Crippen LogP contribution in [0.1, 0.15) is 6.42 Å². The number of anilines is 1. The molecule has 1 aromatic rings. The van der Waals surface area contributed by atoms with Crippen molar-refractivity contribution in [2.75, 3.05) is 18.4 Å². The molecule has 0 bridgehead atoms. The molecule has 4 nitrogen and oxygen atoms in total. The van der Waals surface area contributed by atoms with Crippen LogP contribution in [0.25, 0.3) is 0 Å². The van der Waals surface area contributed by atoms with Crippen LogP contribution >= 0.6 is 11.3 Å². The van der Waals surface area contributed by atoms with E-state index in [4.69, 9.17) is 0 Å². The van der Waals surface area contributed by atoms with Crippen LogP contribution < -0.4 is 10.6 Å². The fourth-order valence-electron chi connectivity index (χ4n) is 1.21. The van der Waals surface area contributed by atoms with E-state index in [2.05, 4.69) is 15.6 Å². The quantitative estimate of drug-likeness (QED) is 0.749. The summed E-state index contributed by atoms with van der Waals surface area (Å²) in [5, 5.41) is 8.43. The van der Waals surface area contributed by atoms with E-state index >= 15 is 0 Å². The van der Waals surface area contributed by atoms with Gasteiger partial charge in [-0.2, -0.15) is 0 Å². The number of nitrogens with zero attached hydrogens (tertiary/aromatic N) is 1. The highest BCUT2D eigenvalue weighted by molar-refractivity contribution is 7.13. The average Bonchev–Trinajstić information content (AvgIpc) is 2.49. The molecule has 0 saturated carbocycles. The molecular formula is C8H11N3OS. The van der Waals surface area contributed by atoms with Gasteiger partial charge in [0.15, 0.2) is 5.13 Å². The summed E-state index contributed by atoms with van der Waals surface area (Å²) >= 11 is 1.45. The van der Waals surface area contributed by atoms with Crippen LogP contribution in [0, 0.1) is 5.92 Å². The Balaban J connectivity index is 1.78. The predicted molar refractivity (Wildman–Crippen MR) is 51.7 cm³/mol. The number of amides is 1. The zero-order chi connectivity index (χ0) is 9.10. The molecule has 70 valence electrons. The number of rotatable bonds is 3. The molecule has 5 heteroatoms. The summed E-state index contributed by atoms with van der Waals surface area (Å²) in [5.41, 5.74) is 0. The molecule has 0 unspecified atom stereocenters. The van der Waals surface area contributed by atoms with Crippen LogP contribution in [0.3, 0.4) is 0 Å². The van der Waals surface area contributed by atoms with Gasteiger partial charge in [0.1, 0.15) is 0 Å². The van der Waals surface area contributed by atoms with Gasteiger partial charge >= 0.3 is 0 Å². The minimum atomic E-state index is 0.0708. The van der Waals surface area contributed by atoms with Gasteiger partial charge in [0.05, 0.1) is 0 Å². The second-order valence-corrected chi connectivity index (χ2v) is 4.01. The molecule has 0 aliphatic carbocycles. The van der Waals surface area contributed by atoms with Crippen molar-refractivity contribution in [3.8, 4) is 0 Å². The van der Waals surface area contributed by atoms with Crippen LogP contribution in [-0.2, 0) is 4.79 Å². The Hall–Kier alpha value is -0.940. The van der Waals surface area contributed by atoms with Crippen molar-refractivity contribution in [1.82, 2.24) is 10.3 Å². The highest BCUT2D eigenvalue weighted by Gasteiger charge is 2.20. The summed E-state index contributed by atoms with van der Waals surface area (Å²) in [6, 6.07) is 0. The maximum Gasteiger partial charge on any atom is 0.226 e. The van der Waals surface area contributed by atoms with Crippen LogP contribution in [0.5, 0.6) is 0 Å². The number of hydrogen-bond donors (Lipinski definition) is 2. The Labute approximate surface area is 80.4 Å². The molecule has 2 heterocycles. The lowest BCUT2D eigenvalue weighted by Crippen LogP contribution is -2.43. The topological polar surface area (TPSA) is 54.0 Å². The van der Waals surface area contributed by atoms with Gasteiger partial charge in [-0.1, -0.05) is 0 Å². The first-order chi connectivity index (χ1) is 6.34. The summed E-state index contributed by atoms with van der Waals surface area (Å²) < 4.78 is 0. The molecule has 0 radical (unpaired) electrons. The van der Waals surface area contributed by atoms with E-state index in [0.717, 1.165) is 13.1 Å². The standard InChI is InChI=1S/C8H11N3OS/c12-7(3-6-4-9-5-6)11-8-10-1-2-13-8/h1-2,6,9H,3-5H2,(H,10,11,12). The highest BCUT2D eigenvalue weighted by atomic mass is 32.1. The summed E-state index contributed by atoms with van der Waals surface area (Å²) in [6.45, 7) is 1.93. The van der Waals surface area contributed by atoms with Crippen molar-refractivity contribution in [2.24, 2.45) is 5.92 Å². The van der Waals surface area contributed by atoms with Gasteiger partial charge < -0.3 is 10.6 Å². The summed E-state index contributed by atoms with van der Waals surface area (Å²) in [4.78, 5) is 15.3. The van der Waals surface area contributed by atoms with Crippen molar-refractivity contribution >= 4 is 22.4 Å². The minimum absolute atomic E-state index is 0.0708. The van der Waals surface area contributed by atoms with Crippen molar-refractivity contribution in [3.63, 3.8) is 0 Å². The normalized spacial score (nSPS) is 16.6. The lowest BCUT2D eigenvalue weighted by atomic mass is 9.99. The van der Waals surface area contributed by atoms with Crippen LogP contribution in [-0.4, -0.2) is 24.0 Å². The van der Waals surface area contributed by atoms with Gasteiger partial charge in [-0.3, -0.25) is 4.79 Å². The Morgan fingerprint density at radius 1 is 1.77 bits per heavy atom. The minimum Gasteiger partial charge on any atom is -0.316 e. The van der Waals surface area contributed by atoms with Crippen LogP contribution in [0.2, 0.25) is 0 Å². The first kappa shape index (κ1) is 8.65. The van der Waals surface area contributed by atoms with Gasteiger partial charge in [0.25, 0.3) is 0 Å². The molecule has 1 saturated heterocycles. The largest absolute Gasteiger partial charge is 0.316 e. The third-order valence-corrected chi connectivity index (χ3v) is 2.71. The van der Waals surface area contributed by atoms with Gasteiger partial charge in [-0.25, -0.2) is 4.98 Å². The Morgan fingerprint density at radius 2 is 2.62 bits per heavy atom. The smallest absolute Gasteiger partial charge is 0.226 e. The molecule has 0 atom stereocenters. The monoisotopic (exact) mass is 197 g/mol. The van der Waals surface area contributed by atoms with Crippen molar-refractivity contribution in [2.45, 2.75) is 6.42 Å². The number of hydrogen-bond acceptors (Lipinski definition) is 4. The lowest BCUT2D eigenvalue weighted by Gasteiger charge is -2.25. The van der Waals surface area contributed by atoms with Gasteiger partial charge in [0.2, 0.25) is 5.91 Å². The summed E-state index contributed by atoms with van der Waals surface area (Å²) in [5.74, 6) is 0.585. The number of thiazole rings is 1. The van der Waals surface area contributed by atoms with Gasteiger partial charge in [-0.05, 0) is 19.0 Å². The van der Waals surface area contributed by atoms with E-state index in [9.17, 15) is 4.79 Å². The molecule has 0 aromatic carbocycles. The third-order valence-electron chi connectivity index (χ3n) is 2.02. The second-order valence-electron chi connectivity index (χ2n) is 3.11. The first-order valence-corrected chi connectivity index (χ1v) is 5.12. The molecule has 2 rings (SSSR count). The lowest BCUT2D eigenvalue weighted by molar-refractivity contribution is -0.117. The molecule has 1 amide bonds. The maximum atomic E-state index is 11.3. The Kier molecular flexibility index (Phi) is 2.56. The first-order valence-electron chi connectivity index (χ1n) is 4.24. The number of carbonyl (C=O) groups is 1. The van der Waals surface area contributed by atoms with E-state index in [0.29, 0.717) is 17.5 Å². The second kappa shape index (κ2) is 3.85. The number of aromatic nitrogens is 1. The molecule has 13 heavy (non-hydrogen) atoms. The van der Waals surface area contributed by atoms with Crippen molar-refractivity contribution in [1.29, 1.82) is 0 Å². The van der Waals surface area contributed by atoms with Crippen molar-refractivity contribution < 1.29 is 4.79 Å². The third kappa shape index (κ3) is 2.26. The van der Waals surface area contributed by atoms with Crippen LogP contribution in [0.4, 0.5) is 5.13 Å². The number of carbonyl (C=O) groups excluding carboxylic acids is 1. The molecule has 2 N–H and O–H groups in total. The van der Waals surface area contributed by atoms with E-state index in [1.54, 1.807) is 6.20 Å². The van der Waals surface area contributed by atoms with Crippen molar-refractivity contribution in [3.05, 3.63) is 11.6 Å². The molecule has 1 aliphatic rings. The zero-order valence-electron chi connectivity index (χ0n) is 7.12. The van der Waals surface area contributed by atoms with E-state index in [-0.39, 0.29) is 5.91 Å². The molecule has 0 spiro atoms. The zero-order valence-corrected chi connectivity index (χ0v) is 7.93. The Morgan fingerprint density at radius 3 is 3.15 bits per heavy atom. The molecule has 1 aromatic heterocycles. The summed E-state index contributed by atoms with van der Waals surface area (Å²) in [7, 11) is 0. The molecule has 1 fully saturated rings. The van der Waals surface area contributed by atoms with Gasteiger partial charge in [0, 0.05) is 18.0 Å². The van der Waals surface area contributed by atoms with E-state index in [1.165, 1.54) is 11.3 Å². The fourth-order valence-corrected chi connectivity index (χ4v) is 1.76. The molecule has 1 aliphatic heterocycles. The van der Waals surface area contributed by atoms with E-state index in [1.807, 2.05) is 5.38 Å². The number of nitrogens with one attached hydrogen (secondary N) is 2.